The molecule has 0 N–H and O–H groups in total. The maximum Gasteiger partial charge on any atom is 0.266 e. The van der Waals surface area contributed by atoms with E-state index >= 15 is 0 Å². The summed E-state index contributed by atoms with van der Waals surface area (Å²) in [5.74, 6) is 2.01. The van der Waals surface area contributed by atoms with Crippen molar-refractivity contribution in [2.75, 3.05) is 6.61 Å². The zero-order valence-corrected chi connectivity index (χ0v) is 23.2. The predicted molar refractivity (Wildman–Crippen MR) is 156 cm³/mol. The van der Waals surface area contributed by atoms with E-state index < -0.39 is 0 Å². The lowest BCUT2D eigenvalue weighted by Crippen LogP contribution is -2.27. The van der Waals surface area contributed by atoms with Crippen molar-refractivity contribution >= 4 is 40.3 Å². The third-order valence-electron chi connectivity index (χ3n) is 6.22. The first-order valence-corrected chi connectivity index (χ1v) is 13.8. The molecule has 0 unspecified atom stereocenters. The highest BCUT2D eigenvalue weighted by Gasteiger charge is 2.33. The van der Waals surface area contributed by atoms with Gasteiger partial charge in [0, 0.05) is 17.3 Å². The average Bonchev–Trinajstić information content (AvgIpc) is 3.63. The second kappa shape index (κ2) is 11.4. The minimum absolute atomic E-state index is 0.139. The summed E-state index contributed by atoms with van der Waals surface area (Å²) in [5, 5.41) is 4.92. The van der Waals surface area contributed by atoms with Crippen LogP contribution in [-0.2, 0) is 11.3 Å². The Bertz CT molecular complexity index is 1470. The van der Waals surface area contributed by atoms with Crippen LogP contribution in [0.5, 0.6) is 5.75 Å². The lowest BCUT2D eigenvalue weighted by atomic mass is 10.0. The van der Waals surface area contributed by atoms with Crippen LogP contribution in [0, 0.1) is 12.8 Å². The van der Waals surface area contributed by atoms with Crippen LogP contribution in [0.3, 0.4) is 0 Å². The normalized spacial score (nSPS) is 14.7. The van der Waals surface area contributed by atoms with E-state index in [4.69, 9.17) is 26.5 Å². The third kappa shape index (κ3) is 5.76. The lowest BCUT2D eigenvalue weighted by Gasteiger charge is -2.12. The number of thiocarbonyl (C=S) groups is 1. The van der Waals surface area contributed by atoms with Gasteiger partial charge in [-0.3, -0.25) is 9.69 Å². The van der Waals surface area contributed by atoms with E-state index in [2.05, 4.69) is 19.9 Å². The van der Waals surface area contributed by atoms with Gasteiger partial charge in [0.05, 0.1) is 30.0 Å². The summed E-state index contributed by atoms with van der Waals surface area (Å²) in [6, 6.07) is 19.7. The van der Waals surface area contributed by atoms with Gasteiger partial charge in [-0.05, 0) is 73.4 Å². The Labute approximate surface area is 232 Å². The molecular weight excluding hydrogens is 514 g/mol. The van der Waals surface area contributed by atoms with Gasteiger partial charge in [-0.1, -0.05) is 56.0 Å². The Hall–Kier alpha value is -3.62. The van der Waals surface area contributed by atoms with Gasteiger partial charge in [0.15, 0.2) is 0 Å². The molecule has 1 amide bonds. The minimum atomic E-state index is -0.139. The molecule has 1 fully saturated rings. The van der Waals surface area contributed by atoms with Crippen LogP contribution in [0.15, 0.2) is 82.4 Å². The number of carbonyl (C=O) groups excluding carboxylic acids is 1. The molecule has 2 aromatic carbocycles. The molecule has 4 aromatic rings. The van der Waals surface area contributed by atoms with E-state index in [0.29, 0.717) is 34.1 Å². The molecule has 0 saturated carbocycles. The summed E-state index contributed by atoms with van der Waals surface area (Å²) in [5.41, 5.74) is 4.54. The van der Waals surface area contributed by atoms with Crippen molar-refractivity contribution in [2.45, 2.75) is 33.7 Å². The van der Waals surface area contributed by atoms with Gasteiger partial charge in [0.25, 0.3) is 5.91 Å². The number of thioether (sulfide) groups is 1. The maximum absolute atomic E-state index is 13.3. The Kier molecular flexibility index (Phi) is 7.81. The third-order valence-corrected chi connectivity index (χ3v) is 7.60. The summed E-state index contributed by atoms with van der Waals surface area (Å²) in [6.07, 6.45) is 6.43. The Morgan fingerprint density at radius 3 is 2.66 bits per heavy atom. The molecule has 194 valence electrons. The lowest BCUT2D eigenvalue weighted by molar-refractivity contribution is -0.122. The van der Waals surface area contributed by atoms with Crippen molar-refractivity contribution in [1.29, 1.82) is 0 Å². The van der Waals surface area contributed by atoms with Gasteiger partial charge < -0.3 is 9.15 Å². The Morgan fingerprint density at radius 1 is 1.13 bits per heavy atom. The number of aryl methyl sites for hydroxylation is 1. The molecule has 0 bridgehead atoms. The van der Waals surface area contributed by atoms with Crippen LogP contribution in [-0.4, -0.2) is 31.5 Å². The van der Waals surface area contributed by atoms with Gasteiger partial charge >= 0.3 is 0 Å². The number of aromatic nitrogens is 2. The summed E-state index contributed by atoms with van der Waals surface area (Å²) >= 11 is 6.82. The second-order valence-electron chi connectivity index (χ2n) is 9.57. The van der Waals surface area contributed by atoms with Crippen LogP contribution in [0.1, 0.15) is 37.2 Å². The van der Waals surface area contributed by atoms with E-state index in [1.165, 1.54) is 11.8 Å². The molecule has 1 saturated heterocycles. The van der Waals surface area contributed by atoms with Crippen molar-refractivity contribution in [3.8, 4) is 22.7 Å². The fourth-order valence-electron chi connectivity index (χ4n) is 4.13. The fourth-order valence-corrected chi connectivity index (χ4v) is 5.38. The monoisotopic (exact) mass is 543 g/mol. The average molecular weight is 544 g/mol. The van der Waals surface area contributed by atoms with Crippen LogP contribution < -0.4 is 4.74 Å². The summed E-state index contributed by atoms with van der Waals surface area (Å²) in [7, 11) is 0. The van der Waals surface area contributed by atoms with E-state index in [0.717, 1.165) is 40.2 Å². The molecule has 0 atom stereocenters. The predicted octanol–water partition coefficient (Wildman–Crippen LogP) is 7.27. The number of hydrogen-bond acceptors (Lipinski definition) is 6. The first-order valence-electron chi connectivity index (χ1n) is 12.6. The molecule has 0 radical (unpaired) electrons. The highest BCUT2D eigenvalue weighted by Crippen LogP contribution is 2.36. The van der Waals surface area contributed by atoms with Crippen LogP contribution in [0.2, 0.25) is 0 Å². The first-order chi connectivity index (χ1) is 18.4. The number of furan rings is 1. The van der Waals surface area contributed by atoms with Crippen molar-refractivity contribution in [1.82, 2.24) is 14.7 Å². The largest absolute Gasteiger partial charge is 0.493 e. The molecule has 0 spiro atoms. The molecule has 3 heterocycles. The number of para-hydroxylation sites is 1. The molecule has 8 heteroatoms. The number of nitrogens with zero attached hydrogens (tertiary/aromatic N) is 3. The number of hydrogen-bond donors (Lipinski definition) is 0. The summed E-state index contributed by atoms with van der Waals surface area (Å²) < 4.78 is 13.8. The standard InChI is InChI=1S/C30H29N3O3S2/c1-20(2)13-15-36-26-12-11-22(16-21(26)3)28-23(18-33(31-28)24-8-5-4-6-9-24)17-27-29(34)32(30(37)38-27)19-25-10-7-14-35-25/h4-12,14,16-18,20H,13,15,19H2,1-3H3. The van der Waals surface area contributed by atoms with Gasteiger partial charge in [-0.15, -0.1) is 0 Å². The molecule has 1 aliphatic heterocycles. The number of ether oxygens (including phenoxy) is 1. The maximum atomic E-state index is 13.3. The number of rotatable bonds is 9. The van der Waals surface area contributed by atoms with Gasteiger partial charge in [-0.2, -0.15) is 5.10 Å². The molecule has 0 aliphatic carbocycles. The van der Waals surface area contributed by atoms with Crippen molar-refractivity contribution in [2.24, 2.45) is 5.92 Å². The molecular formula is C30H29N3O3S2. The van der Waals surface area contributed by atoms with Crippen molar-refractivity contribution in [3.63, 3.8) is 0 Å². The topological polar surface area (TPSA) is 60.5 Å². The molecule has 2 aromatic heterocycles. The minimum Gasteiger partial charge on any atom is -0.493 e. The first kappa shape index (κ1) is 26.0. The molecule has 38 heavy (non-hydrogen) atoms. The zero-order valence-electron chi connectivity index (χ0n) is 21.6. The zero-order chi connectivity index (χ0) is 26.6. The fraction of sp³-hybridized carbons (Fsp3) is 0.233. The highest BCUT2D eigenvalue weighted by molar-refractivity contribution is 8.26. The number of benzene rings is 2. The quantitative estimate of drug-likeness (QED) is 0.163. The highest BCUT2D eigenvalue weighted by atomic mass is 32.2. The SMILES string of the molecule is Cc1cc(-c2nn(-c3ccccc3)cc2C=C2SC(=S)N(Cc3ccco3)C2=O)ccc1OCCC(C)C. The second-order valence-corrected chi connectivity index (χ2v) is 11.2. The van der Waals surface area contributed by atoms with Crippen LogP contribution >= 0.6 is 24.0 Å². The molecule has 1 aliphatic rings. The van der Waals surface area contributed by atoms with E-state index in [-0.39, 0.29) is 5.91 Å². The summed E-state index contributed by atoms with van der Waals surface area (Å²) in [6.45, 7) is 7.42. The molecule has 6 nitrogen and oxygen atoms in total. The van der Waals surface area contributed by atoms with E-state index in [1.54, 1.807) is 17.2 Å². The number of amides is 1. The van der Waals surface area contributed by atoms with E-state index in [9.17, 15) is 4.79 Å². The van der Waals surface area contributed by atoms with Crippen molar-refractivity contribution < 1.29 is 13.9 Å². The Balaban J connectivity index is 1.48. The van der Waals surface area contributed by atoms with Gasteiger partial charge in [0.1, 0.15) is 21.5 Å². The molecule has 5 rings (SSSR count). The van der Waals surface area contributed by atoms with Crippen LogP contribution in [0.25, 0.3) is 23.0 Å². The van der Waals surface area contributed by atoms with Gasteiger partial charge in [0.2, 0.25) is 0 Å². The van der Waals surface area contributed by atoms with Crippen molar-refractivity contribution in [3.05, 3.63) is 94.9 Å². The summed E-state index contributed by atoms with van der Waals surface area (Å²) in [4.78, 5) is 15.4. The number of carbonyl (C=O) groups is 1. The van der Waals surface area contributed by atoms with Crippen LogP contribution in [0.4, 0.5) is 0 Å². The smallest absolute Gasteiger partial charge is 0.266 e. The Morgan fingerprint density at radius 2 is 1.95 bits per heavy atom. The van der Waals surface area contributed by atoms with E-state index in [1.807, 2.05) is 72.4 Å². The van der Waals surface area contributed by atoms with Gasteiger partial charge in [-0.25, -0.2) is 4.68 Å².